The number of aliphatic imine (C=N–C) groups is 1. The molecule has 0 bridgehead atoms. The van der Waals surface area contributed by atoms with Crippen LogP contribution in [-0.2, 0) is 4.74 Å². The van der Waals surface area contributed by atoms with Gasteiger partial charge in [0.2, 0.25) is 0 Å². The Bertz CT molecular complexity index is 1030. The van der Waals surface area contributed by atoms with E-state index in [2.05, 4.69) is 23.0 Å². The van der Waals surface area contributed by atoms with E-state index in [1.807, 2.05) is 6.92 Å². The number of anilines is 1. The average molecular weight is 448 g/mol. The fourth-order valence-corrected chi connectivity index (χ4v) is 3.45. The van der Waals surface area contributed by atoms with Crippen molar-refractivity contribution in [3.8, 4) is 6.07 Å². The van der Waals surface area contributed by atoms with Gasteiger partial charge in [-0.15, -0.1) is 0 Å². The van der Waals surface area contributed by atoms with Crippen LogP contribution in [0.15, 0.2) is 41.4 Å². The van der Waals surface area contributed by atoms with E-state index in [0.29, 0.717) is 18.0 Å². The third-order valence-electron chi connectivity index (χ3n) is 5.27. The summed E-state index contributed by atoms with van der Waals surface area (Å²) in [5.74, 6) is -3.93. The van der Waals surface area contributed by atoms with Crippen LogP contribution < -0.4 is 11.1 Å². The summed E-state index contributed by atoms with van der Waals surface area (Å²) >= 11 is 0. The van der Waals surface area contributed by atoms with Crippen LogP contribution in [0.3, 0.4) is 0 Å². The second-order valence-electron chi connectivity index (χ2n) is 7.95. The standard InChI is InChI=1S/C21H23F3N6O2/c1-12-7-27-17(18(6-25)30-10-21(3,9-26)11-32-20(30)31)8-29(12)13(2)28-14-4-15(22)19(24)16(23)5-14/h4-6,12,28H,2,7-8,10-11,25H2,1,3H3/t12-,21?/m0/s1. The third kappa shape index (κ3) is 4.49. The van der Waals surface area contributed by atoms with Crippen molar-refractivity contribution in [2.75, 3.05) is 31.6 Å². The molecule has 3 N–H and O–H groups in total. The highest BCUT2D eigenvalue weighted by Gasteiger charge is 2.40. The van der Waals surface area contributed by atoms with Crippen LogP contribution in [0.4, 0.5) is 23.7 Å². The van der Waals surface area contributed by atoms with Crippen molar-refractivity contribution >= 4 is 17.5 Å². The number of nitriles is 1. The molecule has 32 heavy (non-hydrogen) atoms. The molecule has 1 amide bonds. The van der Waals surface area contributed by atoms with E-state index in [0.717, 1.165) is 12.1 Å². The van der Waals surface area contributed by atoms with Gasteiger partial charge in [0.25, 0.3) is 0 Å². The van der Waals surface area contributed by atoms with Crippen LogP contribution in [-0.4, -0.2) is 53.9 Å². The monoisotopic (exact) mass is 448 g/mol. The summed E-state index contributed by atoms with van der Waals surface area (Å²) in [4.78, 5) is 19.9. The van der Waals surface area contributed by atoms with Crippen molar-refractivity contribution in [3.63, 3.8) is 0 Å². The Kier molecular flexibility index (Phi) is 6.34. The smallest absolute Gasteiger partial charge is 0.414 e. The SMILES string of the molecule is C=C(Nc1cc(F)c(F)c(F)c1)N1CC(C(=CN)N2CC(C)(C#N)COC2=O)=NC[C@@H]1C. The van der Waals surface area contributed by atoms with Gasteiger partial charge in [-0.3, -0.25) is 9.89 Å². The number of nitrogens with zero attached hydrogens (tertiary/aromatic N) is 4. The van der Waals surface area contributed by atoms with Gasteiger partial charge in [0.15, 0.2) is 17.5 Å². The van der Waals surface area contributed by atoms with Gasteiger partial charge in [-0.05, 0) is 13.8 Å². The minimum Gasteiger partial charge on any atom is -0.447 e. The molecule has 2 heterocycles. The second-order valence-corrected chi connectivity index (χ2v) is 7.95. The number of hydrogen-bond acceptors (Lipinski definition) is 7. The van der Waals surface area contributed by atoms with Crippen molar-refractivity contribution in [1.29, 1.82) is 5.26 Å². The maximum atomic E-state index is 13.5. The zero-order valence-corrected chi connectivity index (χ0v) is 17.7. The molecule has 1 fully saturated rings. The fraction of sp³-hybridized carbons (Fsp3) is 0.381. The molecular weight excluding hydrogens is 425 g/mol. The Balaban J connectivity index is 1.80. The molecule has 1 unspecified atom stereocenters. The first-order valence-corrected chi connectivity index (χ1v) is 9.77. The molecule has 2 aliphatic rings. The molecule has 0 radical (unpaired) electrons. The highest BCUT2D eigenvalue weighted by molar-refractivity contribution is 6.04. The van der Waals surface area contributed by atoms with Gasteiger partial charge in [-0.25, -0.2) is 18.0 Å². The van der Waals surface area contributed by atoms with Gasteiger partial charge in [0.05, 0.1) is 42.9 Å². The third-order valence-corrected chi connectivity index (χ3v) is 5.27. The molecule has 1 saturated heterocycles. The van der Waals surface area contributed by atoms with Crippen LogP contribution in [0.25, 0.3) is 0 Å². The first kappa shape index (κ1) is 23.0. The fourth-order valence-electron chi connectivity index (χ4n) is 3.45. The molecule has 1 aromatic carbocycles. The minimum atomic E-state index is -1.56. The largest absolute Gasteiger partial charge is 0.447 e. The summed E-state index contributed by atoms with van der Waals surface area (Å²) in [7, 11) is 0. The van der Waals surface area contributed by atoms with E-state index < -0.39 is 29.0 Å². The number of carbonyl (C=O) groups excluding carboxylic acids is 1. The lowest BCUT2D eigenvalue weighted by molar-refractivity contribution is 0.0390. The van der Waals surface area contributed by atoms with E-state index in [1.165, 1.54) is 11.1 Å². The Morgan fingerprint density at radius 3 is 2.69 bits per heavy atom. The topological polar surface area (TPSA) is 107 Å². The normalized spacial score (nSPS) is 23.9. The van der Waals surface area contributed by atoms with Crippen LogP contribution in [0.5, 0.6) is 0 Å². The van der Waals surface area contributed by atoms with E-state index in [4.69, 9.17) is 10.5 Å². The van der Waals surface area contributed by atoms with E-state index in [1.54, 1.807) is 11.8 Å². The predicted molar refractivity (Wildman–Crippen MR) is 112 cm³/mol. The number of rotatable bonds is 5. The number of nitrogens with one attached hydrogen (secondary N) is 1. The molecule has 2 aliphatic heterocycles. The van der Waals surface area contributed by atoms with Crippen LogP contribution >= 0.6 is 0 Å². The first-order valence-electron chi connectivity index (χ1n) is 9.77. The lowest BCUT2D eigenvalue weighted by Gasteiger charge is -2.40. The van der Waals surface area contributed by atoms with Crippen LogP contribution in [0, 0.1) is 34.2 Å². The van der Waals surface area contributed by atoms with Gasteiger partial charge in [0, 0.05) is 30.1 Å². The number of halogens is 3. The van der Waals surface area contributed by atoms with E-state index in [-0.39, 0.29) is 37.2 Å². The number of amides is 1. The maximum absolute atomic E-state index is 13.5. The van der Waals surface area contributed by atoms with Crippen molar-refractivity contribution in [1.82, 2.24) is 9.80 Å². The van der Waals surface area contributed by atoms with Crippen molar-refractivity contribution < 1.29 is 22.7 Å². The number of nitrogens with two attached hydrogens (primary N) is 1. The zero-order valence-electron chi connectivity index (χ0n) is 17.7. The summed E-state index contributed by atoms with van der Waals surface area (Å²) in [6.07, 6.45) is 0.578. The van der Waals surface area contributed by atoms with Gasteiger partial charge < -0.3 is 20.7 Å². The average Bonchev–Trinajstić information content (AvgIpc) is 2.76. The molecule has 2 atom stereocenters. The highest BCUT2D eigenvalue weighted by Crippen LogP contribution is 2.28. The minimum absolute atomic E-state index is 0.0124. The maximum Gasteiger partial charge on any atom is 0.414 e. The highest BCUT2D eigenvalue weighted by atomic mass is 19.2. The van der Waals surface area contributed by atoms with Gasteiger partial charge in [-0.2, -0.15) is 5.26 Å². The summed E-state index contributed by atoms with van der Waals surface area (Å²) in [5, 5.41) is 12.2. The summed E-state index contributed by atoms with van der Waals surface area (Å²) in [5.41, 5.74) is 5.62. The number of ether oxygens (including phenoxy) is 1. The number of cyclic esters (lactones) is 1. The molecule has 0 saturated carbocycles. The molecule has 3 rings (SSSR count). The summed E-state index contributed by atoms with van der Waals surface area (Å²) in [6, 6.07) is 3.64. The molecule has 1 aromatic rings. The molecule has 170 valence electrons. The Morgan fingerprint density at radius 2 is 2.09 bits per heavy atom. The Morgan fingerprint density at radius 1 is 1.44 bits per heavy atom. The van der Waals surface area contributed by atoms with Crippen molar-refractivity contribution in [2.24, 2.45) is 16.1 Å². The number of carbonyl (C=O) groups is 1. The lowest BCUT2D eigenvalue weighted by Crippen LogP contribution is -2.51. The zero-order chi connectivity index (χ0) is 23.6. The summed E-state index contributed by atoms with van der Waals surface area (Å²) < 4.78 is 45.5. The van der Waals surface area contributed by atoms with Crippen molar-refractivity contribution in [3.05, 3.63) is 53.9 Å². The van der Waals surface area contributed by atoms with Crippen LogP contribution in [0.2, 0.25) is 0 Å². The first-order chi connectivity index (χ1) is 15.1. The number of benzene rings is 1. The quantitative estimate of drug-likeness (QED) is 0.671. The van der Waals surface area contributed by atoms with E-state index in [9.17, 15) is 23.2 Å². The van der Waals surface area contributed by atoms with Crippen molar-refractivity contribution in [2.45, 2.75) is 19.9 Å². The summed E-state index contributed by atoms with van der Waals surface area (Å²) in [6.45, 7) is 7.98. The second kappa shape index (κ2) is 8.82. The molecule has 8 nitrogen and oxygen atoms in total. The van der Waals surface area contributed by atoms with E-state index >= 15 is 0 Å². The lowest BCUT2D eigenvalue weighted by atomic mass is 9.91. The van der Waals surface area contributed by atoms with Crippen LogP contribution in [0.1, 0.15) is 13.8 Å². The molecule has 0 aromatic heterocycles. The Labute approximate surface area is 183 Å². The predicted octanol–water partition coefficient (Wildman–Crippen LogP) is 2.91. The molecule has 0 spiro atoms. The molecule has 11 heteroatoms. The molecular formula is C21H23F3N6O2. The molecule has 0 aliphatic carbocycles. The van der Waals surface area contributed by atoms with Gasteiger partial charge in [0.1, 0.15) is 12.0 Å². The van der Waals surface area contributed by atoms with Gasteiger partial charge in [-0.1, -0.05) is 6.58 Å². The number of hydrogen-bond donors (Lipinski definition) is 2. The Hall–Kier alpha value is -3.68. The van der Waals surface area contributed by atoms with Gasteiger partial charge >= 0.3 is 6.09 Å².